The van der Waals surface area contributed by atoms with Gasteiger partial charge in [-0.3, -0.25) is 9.36 Å². The molecule has 0 radical (unpaired) electrons. The van der Waals surface area contributed by atoms with Crippen LogP contribution in [0, 0.1) is 0 Å². The van der Waals surface area contributed by atoms with Crippen LogP contribution in [0.2, 0.25) is 0 Å². The molecule has 1 amide bonds. The molecule has 0 saturated heterocycles. The van der Waals surface area contributed by atoms with Gasteiger partial charge < -0.3 is 10.2 Å². The number of carbonyl (C=O) groups is 1. The zero-order chi connectivity index (χ0) is 18.2. The number of amides is 1. The average Bonchev–Trinajstić information content (AvgIpc) is 2.94. The second-order valence-electron chi connectivity index (χ2n) is 6.10. The van der Waals surface area contributed by atoms with E-state index in [2.05, 4.69) is 41.7 Å². The van der Waals surface area contributed by atoms with Gasteiger partial charge in [0.05, 0.1) is 26.4 Å². The molecule has 0 aliphatic rings. The minimum Gasteiger partial charge on any atom is -0.349 e. The number of rotatable bonds is 9. The maximum Gasteiger partial charge on any atom is 0.343 e. The molecular weight excluding hydrogens is 338 g/mol. The summed E-state index contributed by atoms with van der Waals surface area (Å²) in [6, 6.07) is 10.3. The summed E-state index contributed by atoms with van der Waals surface area (Å²) in [5.74, 6) is 0.170. The predicted octanol–water partition coefficient (Wildman–Crippen LogP) is 0.0755. The molecule has 1 aromatic heterocycles. The summed E-state index contributed by atoms with van der Waals surface area (Å²) in [4.78, 5) is 25.1. The second kappa shape index (κ2) is 9.43. The first kappa shape index (κ1) is 19.3. The van der Waals surface area contributed by atoms with Crippen LogP contribution >= 0.6 is 11.8 Å². The zero-order valence-electron chi connectivity index (χ0n) is 14.9. The van der Waals surface area contributed by atoms with Crippen molar-refractivity contribution in [3.05, 3.63) is 46.4 Å². The number of likely N-dealkylation sites (N-methyl/N-ethyl adjacent to an activating group) is 1. The molecule has 0 aliphatic heterocycles. The van der Waals surface area contributed by atoms with Crippen molar-refractivity contribution in [2.24, 2.45) is 0 Å². The van der Waals surface area contributed by atoms with Crippen molar-refractivity contribution in [2.75, 3.05) is 26.4 Å². The largest absolute Gasteiger partial charge is 0.349 e. The lowest BCUT2D eigenvalue weighted by atomic mass is 10.1. The molecule has 2 aromatic rings. The highest BCUT2D eigenvalue weighted by Gasteiger charge is 2.19. The third-order valence-corrected chi connectivity index (χ3v) is 4.88. The molecule has 3 N–H and O–H groups in total. The number of quaternary nitrogens is 1. The van der Waals surface area contributed by atoms with Crippen LogP contribution < -0.4 is 15.9 Å². The van der Waals surface area contributed by atoms with Crippen molar-refractivity contribution in [3.8, 4) is 0 Å². The van der Waals surface area contributed by atoms with E-state index in [0.29, 0.717) is 18.2 Å². The highest BCUT2D eigenvalue weighted by atomic mass is 32.2. The number of carbonyl (C=O) groups excluding carboxylic acids is 1. The first-order valence-corrected chi connectivity index (χ1v) is 9.41. The molecule has 0 saturated carbocycles. The van der Waals surface area contributed by atoms with Crippen LogP contribution in [0.25, 0.3) is 0 Å². The summed E-state index contributed by atoms with van der Waals surface area (Å²) in [5.41, 5.74) is 0.963. The molecule has 0 aliphatic carbocycles. The van der Waals surface area contributed by atoms with E-state index in [-0.39, 0.29) is 23.4 Å². The Bertz CT molecular complexity index is 726. The van der Waals surface area contributed by atoms with E-state index in [4.69, 9.17) is 0 Å². The van der Waals surface area contributed by atoms with Crippen molar-refractivity contribution in [1.82, 2.24) is 20.1 Å². The maximum atomic E-state index is 12.2. The van der Waals surface area contributed by atoms with Gasteiger partial charge in [0.1, 0.15) is 6.04 Å². The highest BCUT2D eigenvalue weighted by molar-refractivity contribution is 7.99. The standard InChI is InChI=1S/C17H25N5O2S/c1-4-10-22-16(24)19-20-17(22)25-12-15(23)18-11-14(21(2)3)13-8-6-5-7-9-13/h5-9,14H,4,10-12H2,1-3H3,(H,18,23)(H,19,24)/p+1/t14-/m0/s1. The Morgan fingerprint density at radius 2 is 2.08 bits per heavy atom. The molecule has 0 unspecified atom stereocenters. The zero-order valence-corrected chi connectivity index (χ0v) is 15.7. The van der Waals surface area contributed by atoms with Crippen molar-refractivity contribution < 1.29 is 9.69 Å². The fourth-order valence-corrected chi connectivity index (χ4v) is 3.37. The molecule has 25 heavy (non-hydrogen) atoms. The average molecular weight is 364 g/mol. The van der Waals surface area contributed by atoms with Crippen molar-refractivity contribution in [2.45, 2.75) is 31.1 Å². The number of nitrogens with zero attached hydrogens (tertiary/aromatic N) is 2. The molecule has 1 heterocycles. The van der Waals surface area contributed by atoms with Crippen LogP contribution in [-0.2, 0) is 11.3 Å². The Balaban J connectivity index is 1.89. The van der Waals surface area contributed by atoms with Gasteiger partial charge in [-0.05, 0) is 6.42 Å². The van der Waals surface area contributed by atoms with Crippen molar-refractivity contribution in [1.29, 1.82) is 0 Å². The van der Waals surface area contributed by atoms with E-state index in [9.17, 15) is 9.59 Å². The van der Waals surface area contributed by atoms with Gasteiger partial charge >= 0.3 is 5.69 Å². The molecule has 7 nitrogen and oxygen atoms in total. The van der Waals surface area contributed by atoms with E-state index in [0.717, 1.165) is 6.42 Å². The minimum atomic E-state index is -0.231. The van der Waals surface area contributed by atoms with Crippen molar-refractivity contribution in [3.63, 3.8) is 0 Å². The minimum absolute atomic E-state index is 0.0642. The summed E-state index contributed by atoms with van der Waals surface area (Å²) in [7, 11) is 4.15. The third kappa shape index (κ3) is 5.47. The molecule has 1 atom stereocenters. The summed E-state index contributed by atoms with van der Waals surface area (Å²) in [6.07, 6.45) is 0.837. The fourth-order valence-electron chi connectivity index (χ4n) is 2.57. The number of hydrogen-bond donors (Lipinski definition) is 3. The molecule has 8 heteroatoms. The lowest BCUT2D eigenvalue weighted by Crippen LogP contribution is -3.07. The van der Waals surface area contributed by atoms with Gasteiger partial charge in [-0.25, -0.2) is 9.89 Å². The number of hydrogen-bond acceptors (Lipinski definition) is 4. The van der Waals surface area contributed by atoms with Gasteiger partial charge in [0, 0.05) is 12.1 Å². The summed E-state index contributed by atoms with van der Waals surface area (Å²) in [5, 5.41) is 9.96. The van der Waals surface area contributed by atoms with Crippen LogP contribution in [0.1, 0.15) is 24.9 Å². The molecule has 0 fully saturated rings. The molecule has 1 aromatic carbocycles. The van der Waals surface area contributed by atoms with Gasteiger partial charge in [-0.2, -0.15) is 0 Å². The number of nitrogens with one attached hydrogen (secondary N) is 3. The Kier molecular flexibility index (Phi) is 7.27. The van der Waals surface area contributed by atoms with Crippen LogP contribution in [0.4, 0.5) is 0 Å². The topological polar surface area (TPSA) is 84.2 Å². The van der Waals surface area contributed by atoms with Crippen LogP contribution in [0.3, 0.4) is 0 Å². The molecular formula is C17H26N5O2S+. The molecule has 2 rings (SSSR count). The predicted molar refractivity (Wildman–Crippen MR) is 98.9 cm³/mol. The molecule has 0 bridgehead atoms. The normalized spacial score (nSPS) is 12.3. The van der Waals surface area contributed by atoms with Gasteiger partial charge in [0.25, 0.3) is 0 Å². The SMILES string of the molecule is CCCn1c(SCC(=O)NC[C@@H](c2ccccc2)[NH+](C)C)n[nH]c1=O. The van der Waals surface area contributed by atoms with Crippen LogP contribution in [-0.4, -0.2) is 47.1 Å². The lowest BCUT2D eigenvalue weighted by Gasteiger charge is -2.22. The Morgan fingerprint density at radius 1 is 1.36 bits per heavy atom. The summed E-state index contributed by atoms with van der Waals surface area (Å²) in [6.45, 7) is 3.15. The number of thioether (sulfide) groups is 1. The van der Waals surface area contributed by atoms with Gasteiger partial charge in [0.2, 0.25) is 5.91 Å². The second-order valence-corrected chi connectivity index (χ2v) is 7.04. The first-order chi connectivity index (χ1) is 12.0. The number of H-pyrrole nitrogens is 1. The quantitative estimate of drug-likeness (QED) is 0.550. The number of aromatic amines is 1. The van der Waals surface area contributed by atoms with Crippen LogP contribution in [0.5, 0.6) is 0 Å². The monoisotopic (exact) mass is 364 g/mol. The summed E-state index contributed by atoms with van der Waals surface area (Å²) < 4.78 is 1.56. The van der Waals surface area contributed by atoms with Gasteiger partial charge in [0.15, 0.2) is 5.16 Å². The highest BCUT2D eigenvalue weighted by Crippen LogP contribution is 2.13. The van der Waals surface area contributed by atoms with E-state index in [1.165, 1.54) is 22.2 Å². The molecule has 0 spiro atoms. The third-order valence-electron chi connectivity index (χ3n) is 3.91. The van der Waals surface area contributed by atoms with E-state index >= 15 is 0 Å². The summed E-state index contributed by atoms with van der Waals surface area (Å²) >= 11 is 1.27. The molecule has 136 valence electrons. The number of aromatic nitrogens is 3. The van der Waals surface area contributed by atoms with E-state index in [1.807, 2.05) is 25.1 Å². The van der Waals surface area contributed by atoms with Gasteiger partial charge in [-0.15, -0.1) is 5.10 Å². The Morgan fingerprint density at radius 3 is 2.72 bits per heavy atom. The number of benzene rings is 1. The maximum absolute atomic E-state index is 12.2. The van der Waals surface area contributed by atoms with Crippen molar-refractivity contribution >= 4 is 17.7 Å². The smallest absolute Gasteiger partial charge is 0.343 e. The van der Waals surface area contributed by atoms with E-state index in [1.54, 1.807) is 4.57 Å². The Labute approximate surface area is 151 Å². The lowest BCUT2D eigenvalue weighted by molar-refractivity contribution is -0.890. The van der Waals surface area contributed by atoms with E-state index < -0.39 is 0 Å². The fraction of sp³-hybridized carbons (Fsp3) is 0.471. The van der Waals surface area contributed by atoms with Crippen LogP contribution in [0.15, 0.2) is 40.3 Å². The van der Waals surface area contributed by atoms with Gasteiger partial charge in [-0.1, -0.05) is 49.0 Å². The Hall–Kier alpha value is -2.06. The first-order valence-electron chi connectivity index (χ1n) is 8.42.